The van der Waals surface area contributed by atoms with Crippen molar-refractivity contribution in [3.8, 4) is 0 Å². The first-order valence-electron chi connectivity index (χ1n) is 10.4. The minimum atomic E-state index is -0.643. The van der Waals surface area contributed by atoms with Gasteiger partial charge < -0.3 is 17.2 Å². The molecule has 0 spiro atoms. The maximum Gasteiger partial charge on any atom is 0.0762 e. The molecule has 0 aliphatic rings. The van der Waals surface area contributed by atoms with E-state index in [4.69, 9.17) is 17.2 Å². The lowest BCUT2D eigenvalue weighted by Gasteiger charge is -2.21. The van der Waals surface area contributed by atoms with E-state index in [1.165, 1.54) is 96.3 Å². The Labute approximate surface area is 146 Å². The average Bonchev–Trinajstić information content (AvgIpc) is 2.54. The zero-order valence-corrected chi connectivity index (χ0v) is 16.0. The summed E-state index contributed by atoms with van der Waals surface area (Å²) in [7, 11) is 0. The molecule has 0 fully saturated rings. The minimum absolute atomic E-state index is 0.381. The molecular formula is C20H45N3. The van der Waals surface area contributed by atoms with Crippen LogP contribution in [0, 0.1) is 0 Å². The van der Waals surface area contributed by atoms with Gasteiger partial charge >= 0.3 is 0 Å². The van der Waals surface area contributed by atoms with Crippen molar-refractivity contribution in [2.75, 3.05) is 6.54 Å². The van der Waals surface area contributed by atoms with Gasteiger partial charge in [-0.15, -0.1) is 0 Å². The summed E-state index contributed by atoms with van der Waals surface area (Å²) < 4.78 is 0. The van der Waals surface area contributed by atoms with Crippen LogP contribution in [-0.2, 0) is 0 Å². The Hall–Kier alpha value is -0.120. The molecule has 3 heteroatoms. The van der Waals surface area contributed by atoms with Crippen molar-refractivity contribution >= 4 is 0 Å². The van der Waals surface area contributed by atoms with Crippen molar-refractivity contribution in [3.05, 3.63) is 0 Å². The van der Waals surface area contributed by atoms with Crippen LogP contribution in [0.5, 0.6) is 0 Å². The third-order valence-electron chi connectivity index (χ3n) is 4.88. The lowest BCUT2D eigenvalue weighted by atomic mass is 10.0. The van der Waals surface area contributed by atoms with E-state index in [0.29, 0.717) is 6.54 Å². The van der Waals surface area contributed by atoms with Crippen molar-refractivity contribution in [1.82, 2.24) is 0 Å². The smallest absolute Gasteiger partial charge is 0.0762 e. The number of nitrogens with two attached hydrogens (primary N) is 3. The summed E-state index contributed by atoms with van der Waals surface area (Å²) in [6.07, 6.45) is 23.0. The molecule has 0 radical (unpaired) electrons. The van der Waals surface area contributed by atoms with Gasteiger partial charge in [-0.1, -0.05) is 110 Å². The summed E-state index contributed by atoms with van der Waals surface area (Å²) in [5.41, 5.74) is 16.5. The zero-order chi connectivity index (χ0) is 17.2. The fourth-order valence-electron chi connectivity index (χ4n) is 3.10. The van der Waals surface area contributed by atoms with Crippen LogP contribution in [0.4, 0.5) is 0 Å². The molecule has 0 aromatic carbocycles. The number of hydrogen-bond acceptors (Lipinski definition) is 3. The van der Waals surface area contributed by atoms with E-state index < -0.39 is 5.66 Å². The lowest BCUT2D eigenvalue weighted by Crippen LogP contribution is -2.55. The largest absolute Gasteiger partial charge is 0.328 e. The van der Waals surface area contributed by atoms with Gasteiger partial charge in [-0.25, -0.2) is 0 Å². The molecule has 140 valence electrons. The lowest BCUT2D eigenvalue weighted by molar-refractivity contribution is 0.395. The molecule has 6 N–H and O–H groups in total. The highest BCUT2D eigenvalue weighted by atomic mass is 15.0. The van der Waals surface area contributed by atoms with Crippen molar-refractivity contribution in [1.29, 1.82) is 0 Å². The van der Waals surface area contributed by atoms with Crippen LogP contribution in [0.3, 0.4) is 0 Å². The molecule has 0 atom stereocenters. The summed E-state index contributed by atoms with van der Waals surface area (Å²) in [6.45, 7) is 2.66. The van der Waals surface area contributed by atoms with Gasteiger partial charge in [-0.05, 0) is 6.42 Å². The molecular weight excluding hydrogens is 282 g/mol. The second kappa shape index (κ2) is 16.7. The molecule has 0 aromatic rings. The highest BCUT2D eigenvalue weighted by Crippen LogP contribution is 2.14. The van der Waals surface area contributed by atoms with Gasteiger partial charge in [0.15, 0.2) is 0 Å². The predicted octanol–water partition coefficient (Wildman–Crippen LogP) is 5.21. The van der Waals surface area contributed by atoms with Crippen LogP contribution in [0.2, 0.25) is 0 Å². The number of unbranched alkanes of at least 4 members (excludes halogenated alkanes) is 15. The second-order valence-electron chi connectivity index (χ2n) is 7.49. The van der Waals surface area contributed by atoms with Crippen LogP contribution >= 0.6 is 0 Å². The molecule has 0 aromatic heterocycles. The third-order valence-corrected chi connectivity index (χ3v) is 4.88. The monoisotopic (exact) mass is 327 g/mol. The van der Waals surface area contributed by atoms with Crippen LogP contribution in [0.25, 0.3) is 0 Å². The Morgan fingerprint density at radius 2 is 0.826 bits per heavy atom. The Morgan fingerprint density at radius 3 is 1.13 bits per heavy atom. The molecule has 0 amide bonds. The van der Waals surface area contributed by atoms with E-state index in [0.717, 1.165) is 12.8 Å². The minimum Gasteiger partial charge on any atom is -0.328 e. The fraction of sp³-hybridized carbons (Fsp3) is 1.00. The van der Waals surface area contributed by atoms with E-state index in [9.17, 15) is 0 Å². The van der Waals surface area contributed by atoms with E-state index in [-0.39, 0.29) is 0 Å². The standard InChI is InChI=1S/C20H45N3/c1-2-3-4-5-6-7-8-9-10-11-12-13-14-15-16-17-18-20(22,23)19-21/h2-19,21-23H2,1H3. The Kier molecular flexibility index (Phi) is 16.6. The van der Waals surface area contributed by atoms with Crippen molar-refractivity contribution in [2.45, 2.75) is 122 Å². The quantitative estimate of drug-likeness (QED) is 0.239. The maximum absolute atomic E-state index is 5.83. The van der Waals surface area contributed by atoms with Crippen molar-refractivity contribution in [2.24, 2.45) is 17.2 Å². The summed E-state index contributed by atoms with van der Waals surface area (Å²) in [4.78, 5) is 0. The molecule has 0 aliphatic heterocycles. The zero-order valence-electron chi connectivity index (χ0n) is 16.0. The first kappa shape index (κ1) is 22.9. The normalized spacial score (nSPS) is 12.0. The van der Waals surface area contributed by atoms with E-state index in [2.05, 4.69) is 6.92 Å². The predicted molar refractivity (Wildman–Crippen MR) is 104 cm³/mol. The SMILES string of the molecule is CCCCCCCCCCCCCCCCCCC(N)(N)CN. The summed E-state index contributed by atoms with van der Waals surface area (Å²) in [5.74, 6) is 0. The first-order chi connectivity index (χ1) is 11.1. The third kappa shape index (κ3) is 18.1. The highest BCUT2D eigenvalue weighted by molar-refractivity contribution is 4.76. The molecule has 23 heavy (non-hydrogen) atoms. The van der Waals surface area contributed by atoms with E-state index >= 15 is 0 Å². The van der Waals surface area contributed by atoms with Crippen molar-refractivity contribution in [3.63, 3.8) is 0 Å². The van der Waals surface area contributed by atoms with E-state index in [1.807, 2.05) is 0 Å². The van der Waals surface area contributed by atoms with Gasteiger partial charge in [0.2, 0.25) is 0 Å². The fourth-order valence-corrected chi connectivity index (χ4v) is 3.10. The summed E-state index contributed by atoms with van der Waals surface area (Å²) in [5, 5.41) is 0. The highest BCUT2D eigenvalue weighted by Gasteiger charge is 2.14. The average molecular weight is 328 g/mol. The van der Waals surface area contributed by atoms with Gasteiger partial charge in [0.25, 0.3) is 0 Å². The van der Waals surface area contributed by atoms with Crippen molar-refractivity contribution < 1.29 is 0 Å². The maximum atomic E-state index is 5.83. The molecule has 0 bridgehead atoms. The Bertz CT molecular complexity index is 229. The molecule has 0 rings (SSSR count). The van der Waals surface area contributed by atoms with Gasteiger partial charge in [-0.3, -0.25) is 0 Å². The van der Waals surface area contributed by atoms with Gasteiger partial charge in [-0.2, -0.15) is 0 Å². The van der Waals surface area contributed by atoms with Crippen LogP contribution in [-0.4, -0.2) is 12.2 Å². The molecule has 3 nitrogen and oxygen atoms in total. The Morgan fingerprint density at radius 1 is 0.522 bits per heavy atom. The Balaban J connectivity index is 3.05. The number of hydrogen-bond donors (Lipinski definition) is 3. The van der Waals surface area contributed by atoms with Crippen LogP contribution in [0.1, 0.15) is 116 Å². The summed E-state index contributed by atoms with van der Waals surface area (Å²) in [6, 6.07) is 0. The molecule has 0 unspecified atom stereocenters. The van der Waals surface area contributed by atoms with Crippen LogP contribution in [0.15, 0.2) is 0 Å². The topological polar surface area (TPSA) is 78.1 Å². The van der Waals surface area contributed by atoms with Crippen LogP contribution < -0.4 is 17.2 Å². The summed E-state index contributed by atoms with van der Waals surface area (Å²) >= 11 is 0. The van der Waals surface area contributed by atoms with Gasteiger partial charge in [0, 0.05) is 6.54 Å². The number of rotatable bonds is 18. The molecule has 0 saturated heterocycles. The first-order valence-corrected chi connectivity index (χ1v) is 10.4. The second-order valence-corrected chi connectivity index (χ2v) is 7.49. The van der Waals surface area contributed by atoms with Gasteiger partial charge in [0.05, 0.1) is 5.66 Å². The molecule has 0 aliphatic carbocycles. The van der Waals surface area contributed by atoms with E-state index in [1.54, 1.807) is 0 Å². The molecule has 0 heterocycles. The van der Waals surface area contributed by atoms with Gasteiger partial charge in [0.1, 0.15) is 0 Å². The molecule has 0 saturated carbocycles.